The summed E-state index contributed by atoms with van der Waals surface area (Å²) in [5.41, 5.74) is -0.595. The number of aliphatic hydroxyl groups is 1. The second kappa shape index (κ2) is 4.59. The molecular weight excluding hydrogens is 222 g/mol. The van der Waals surface area contributed by atoms with Crippen LogP contribution in [-0.4, -0.2) is 40.0 Å². The van der Waals surface area contributed by atoms with Crippen LogP contribution in [0.1, 0.15) is 19.8 Å². The molecule has 1 atom stereocenters. The average molecular weight is 239 g/mol. The van der Waals surface area contributed by atoms with Gasteiger partial charge in [0.05, 0.1) is 5.60 Å². The van der Waals surface area contributed by atoms with Crippen molar-refractivity contribution in [3.63, 3.8) is 0 Å². The van der Waals surface area contributed by atoms with Gasteiger partial charge in [0.1, 0.15) is 17.2 Å². The van der Waals surface area contributed by atoms with Crippen molar-refractivity contribution in [2.75, 3.05) is 24.2 Å². The molecule has 1 aromatic heterocycles. The molecule has 1 fully saturated rings. The van der Waals surface area contributed by atoms with E-state index in [1.807, 2.05) is 19.2 Å². The van der Waals surface area contributed by atoms with Crippen molar-refractivity contribution >= 4 is 17.6 Å². The average Bonchev–Trinajstić information content (AvgIpc) is 2.28. The van der Waals surface area contributed by atoms with E-state index in [2.05, 4.69) is 14.9 Å². The van der Waals surface area contributed by atoms with Gasteiger partial charge < -0.3 is 10.0 Å². The highest BCUT2D eigenvalue weighted by Crippen LogP contribution is 2.25. The molecular formula is C11H17N3OS. The fourth-order valence-electron chi connectivity index (χ4n) is 2.03. The zero-order chi connectivity index (χ0) is 11.6. The summed E-state index contributed by atoms with van der Waals surface area (Å²) in [5, 5.41) is 11.0. The Morgan fingerprint density at radius 2 is 2.31 bits per heavy atom. The van der Waals surface area contributed by atoms with Gasteiger partial charge in [0.2, 0.25) is 0 Å². The Balaban J connectivity index is 2.16. The quantitative estimate of drug-likeness (QED) is 0.627. The van der Waals surface area contributed by atoms with Crippen LogP contribution in [0.25, 0.3) is 0 Å². The van der Waals surface area contributed by atoms with Gasteiger partial charge in [0, 0.05) is 19.2 Å². The molecule has 0 radical (unpaired) electrons. The molecule has 1 unspecified atom stereocenters. The lowest BCUT2D eigenvalue weighted by atomic mass is 9.95. The fraction of sp³-hybridized carbons (Fsp3) is 0.636. The van der Waals surface area contributed by atoms with Crippen molar-refractivity contribution < 1.29 is 5.11 Å². The van der Waals surface area contributed by atoms with Gasteiger partial charge in [0.25, 0.3) is 0 Å². The molecule has 1 N–H and O–H groups in total. The summed E-state index contributed by atoms with van der Waals surface area (Å²) in [4.78, 5) is 10.5. The van der Waals surface area contributed by atoms with Crippen molar-refractivity contribution in [2.45, 2.75) is 30.4 Å². The molecule has 16 heavy (non-hydrogen) atoms. The second-order valence-corrected chi connectivity index (χ2v) is 5.27. The van der Waals surface area contributed by atoms with E-state index < -0.39 is 5.60 Å². The summed E-state index contributed by atoms with van der Waals surface area (Å²) >= 11 is 1.61. The van der Waals surface area contributed by atoms with E-state index in [1.165, 1.54) is 0 Å². The number of piperidine rings is 1. The van der Waals surface area contributed by atoms with Crippen LogP contribution in [-0.2, 0) is 0 Å². The minimum atomic E-state index is -0.595. The van der Waals surface area contributed by atoms with Crippen molar-refractivity contribution in [1.82, 2.24) is 9.97 Å². The van der Waals surface area contributed by atoms with Crippen LogP contribution in [0, 0.1) is 0 Å². The maximum Gasteiger partial charge on any atom is 0.133 e. The normalized spacial score (nSPS) is 25.8. The number of nitrogens with zero attached hydrogens (tertiary/aromatic N) is 3. The van der Waals surface area contributed by atoms with E-state index in [0.717, 1.165) is 30.2 Å². The van der Waals surface area contributed by atoms with Crippen LogP contribution >= 0.6 is 11.8 Å². The molecule has 1 aromatic rings. The highest BCUT2D eigenvalue weighted by molar-refractivity contribution is 7.98. The third-order valence-electron chi connectivity index (χ3n) is 2.84. The SMILES string of the molecule is CSc1cc(N2CCCC(C)(O)C2)ncn1. The fourth-order valence-corrected chi connectivity index (χ4v) is 2.41. The number of thioether (sulfide) groups is 1. The summed E-state index contributed by atoms with van der Waals surface area (Å²) in [6.45, 7) is 3.49. The van der Waals surface area contributed by atoms with Crippen molar-refractivity contribution in [1.29, 1.82) is 0 Å². The molecule has 2 rings (SSSR count). The largest absolute Gasteiger partial charge is 0.388 e. The first-order chi connectivity index (χ1) is 7.61. The van der Waals surface area contributed by atoms with Gasteiger partial charge in [-0.1, -0.05) is 0 Å². The summed E-state index contributed by atoms with van der Waals surface area (Å²) in [5.74, 6) is 0.916. The van der Waals surface area contributed by atoms with Gasteiger partial charge in [0.15, 0.2) is 0 Å². The first kappa shape index (κ1) is 11.7. The van der Waals surface area contributed by atoms with E-state index in [4.69, 9.17) is 0 Å². The smallest absolute Gasteiger partial charge is 0.133 e. The number of β-amino-alcohol motifs (C(OH)–C–C–N with tert-alkyl or cyclic N) is 1. The molecule has 1 aliphatic heterocycles. The Hall–Kier alpha value is -0.810. The molecule has 1 aliphatic rings. The summed E-state index contributed by atoms with van der Waals surface area (Å²) < 4.78 is 0. The topological polar surface area (TPSA) is 49.2 Å². The maximum atomic E-state index is 10.0. The lowest BCUT2D eigenvalue weighted by Crippen LogP contribution is -2.46. The second-order valence-electron chi connectivity index (χ2n) is 4.44. The monoisotopic (exact) mass is 239 g/mol. The molecule has 0 saturated carbocycles. The Kier molecular flexibility index (Phi) is 3.35. The van der Waals surface area contributed by atoms with Crippen molar-refractivity contribution in [2.24, 2.45) is 0 Å². The number of hydrogen-bond acceptors (Lipinski definition) is 5. The summed E-state index contributed by atoms with van der Waals surface area (Å²) in [7, 11) is 0. The summed E-state index contributed by atoms with van der Waals surface area (Å²) in [6, 6.07) is 1.98. The molecule has 0 aliphatic carbocycles. The minimum absolute atomic E-state index is 0.595. The van der Waals surface area contributed by atoms with Crippen molar-refractivity contribution in [3.05, 3.63) is 12.4 Å². The Morgan fingerprint density at radius 3 is 3.00 bits per heavy atom. The van der Waals surface area contributed by atoms with Gasteiger partial charge in [-0.2, -0.15) is 0 Å². The Bertz CT molecular complexity index is 370. The molecule has 88 valence electrons. The van der Waals surface area contributed by atoms with Crippen LogP contribution in [0.5, 0.6) is 0 Å². The third-order valence-corrected chi connectivity index (χ3v) is 3.48. The molecule has 0 spiro atoms. The highest BCUT2D eigenvalue weighted by atomic mass is 32.2. The van der Waals surface area contributed by atoms with Gasteiger partial charge in [-0.05, 0) is 26.0 Å². The van der Waals surface area contributed by atoms with Crippen LogP contribution in [0.2, 0.25) is 0 Å². The molecule has 2 heterocycles. The number of aromatic nitrogens is 2. The number of hydrogen-bond donors (Lipinski definition) is 1. The van der Waals surface area contributed by atoms with E-state index in [-0.39, 0.29) is 0 Å². The van der Waals surface area contributed by atoms with Gasteiger partial charge in [-0.3, -0.25) is 0 Å². The number of anilines is 1. The first-order valence-electron chi connectivity index (χ1n) is 5.44. The van der Waals surface area contributed by atoms with Gasteiger partial charge in [-0.25, -0.2) is 9.97 Å². The maximum absolute atomic E-state index is 10.0. The van der Waals surface area contributed by atoms with E-state index in [1.54, 1.807) is 18.1 Å². The van der Waals surface area contributed by atoms with Crippen LogP contribution in [0.15, 0.2) is 17.4 Å². The lowest BCUT2D eigenvalue weighted by Gasteiger charge is -2.37. The van der Waals surface area contributed by atoms with Gasteiger partial charge in [-0.15, -0.1) is 11.8 Å². The van der Waals surface area contributed by atoms with Crippen LogP contribution < -0.4 is 4.90 Å². The Labute approximate surface area is 100 Å². The Morgan fingerprint density at radius 1 is 1.50 bits per heavy atom. The zero-order valence-corrected chi connectivity index (χ0v) is 10.5. The molecule has 5 heteroatoms. The molecule has 0 bridgehead atoms. The van der Waals surface area contributed by atoms with Crippen LogP contribution in [0.4, 0.5) is 5.82 Å². The molecule has 4 nitrogen and oxygen atoms in total. The van der Waals surface area contributed by atoms with E-state index in [0.29, 0.717) is 6.54 Å². The highest BCUT2D eigenvalue weighted by Gasteiger charge is 2.29. The molecule has 0 amide bonds. The predicted octanol–water partition coefficient (Wildman–Crippen LogP) is 1.55. The van der Waals surface area contributed by atoms with Gasteiger partial charge >= 0.3 is 0 Å². The zero-order valence-electron chi connectivity index (χ0n) is 9.68. The predicted molar refractivity (Wildman–Crippen MR) is 65.9 cm³/mol. The van der Waals surface area contributed by atoms with Crippen LogP contribution in [0.3, 0.4) is 0 Å². The summed E-state index contributed by atoms with van der Waals surface area (Å²) in [6.07, 6.45) is 5.46. The number of rotatable bonds is 2. The minimum Gasteiger partial charge on any atom is -0.388 e. The first-order valence-corrected chi connectivity index (χ1v) is 6.66. The third kappa shape index (κ3) is 2.65. The molecule has 0 aromatic carbocycles. The van der Waals surface area contributed by atoms with E-state index in [9.17, 15) is 5.11 Å². The van der Waals surface area contributed by atoms with Crippen molar-refractivity contribution in [3.8, 4) is 0 Å². The lowest BCUT2D eigenvalue weighted by molar-refractivity contribution is 0.0447. The van der Waals surface area contributed by atoms with E-state index >= 15 is 0 Å². The standard InChI is InChI=1S/C11H17N3OS/c1-11(15)4-3-5-14(7-11)9-6-10(16-2)13-8-12-9/h6,8,15H,3-5,7H2,1-2H3. The molecule has 1 saturated heterocycles.